The Bertz CT molecular complexity index is 1800. The van der Waals surface area contributed by atoms with Crippen molar-refractivity contribution < 1.29 is 27.5 Å². The number of halogens is 3. The van der Waals surface area contributed by atoms with Gasteiger partial charge in [-0.15, -0.1) is 13.2 Å². The molecule has 1 fully saturated rings. The fourth-order valence-corrected chi connectivity index (χ4v) is 5.39. The number of thioether (sulfide) groups is 1. The molecule has 2 heterocycles. The Morgan fingerprint density at radius 2 is 1.82 bits per heavy atom. The first-order chi connectivity index (χ1) is 21.4. The molecule has 2 amide bonds. The molecule has 0 radical (unpaired) electrons. The van der Waals surface area contributed by atoms with Gasteiger partial charge in [-0.2, -0.15) is 15.2 Å². The Hall–Kier alpha value is -4.91. The zero-order valence-corrected chi connectivity index (χ0v) is 25.6. The van der Waals surface area contributed by atoms with Crippen LogP contribution in [0, 0.1) is 13.8 Å². The number of ether oxygens (including phenoxy) is 1. The summed E-state index contributed by atoms with van der Waals surface area (Å²) in [6.45, 7) is 7.82. The van der Waals surface area contributed by atoms with Crippen LogP contribution in [0.1, 0.15) is 52.5 Å². The van der Waals surface area contributed by atoms with E-state index in [0.717, 1.165) is 40.2 Å². The highest BCUT2D eigenvalue weighted by Crippen LogP contribution is 2.30. The average Bonchev–Trinajstić information content (AvgIpc) is 3.52. The second kappa shape index (κ2) is 13.0. The van der Waals surface area contributed by atoms with Crippen LogP contribution < -0.4 is 10.1 Å². The molecule has 1 saturated heterocycles. The highest BCUT2D eigenvalue weighted by atomic mass is 32.2. The highest BCUT2D eigenvalue weighted by molar-refractivity contribution is 8.15. The summed E-state index contributed by atoms with van der Waals surface area (Å²) in [6.07, 6.45) is -1.55. The molecule has 45 heavy (non-hydrogen) atoms. The third kappa shape index (κ3) is 7.60. The number of para-hydroxylation sites is 1. The zero-order valence-electron chi connectivity index (χ0n) is 24.8. The number of aryl methyl sites for hydroxylation is 2. The number of aromatic nitrogens is 2. The Kier molecular flexibility index (Phi) is 9.09. The first kappa shape index (κ1) is 31.5. The van der Waals surface area contributed by atoms with Gasteiger partial charge in [-0.25, -0.2) is 9.67 Å². The molecule has 1 aliphatic rings. The maximum absolute atomic E-state index is 12.7. The second-order valence-electron chi connectivity index (χ2n) is 10.5. The van der Waals surface area contributed by atoms with Gasteiger partial charge in [0.25, 0.3) is 11.8 Å². The van der Waals surface area contributed by atoms with Crippen molar-refractivity contribution in [2.45, 2.75) is 40.0 Å². The summed E-state index contributed by atoms with van der Waals surface area (Å²) in [5, 5.41) is 13.5. The molecule has 4 aromatic rings. The van der Waals surface area contributed by atoms with E-state index in [-0.39, 0.29) is 23.1 Å². The standard InChI is InChI=1S/C32H29F3N6O3S/c1-19(2)25-7-5-6-8-26(25)38-31-41(29(42)18-45-31)36-16-22-9-14-28(20(3)15-22)40-17-27(21(4)39-40)37-30(43)23-10-12-24(13-11-23)44-32(33,34)35/h5-17,19H,18H2,1-4H3,(H,37,43)/b36-16?,38-31-. The van der Waals surface area contributed by atoms with Crippen LogP contribution in [0.2, 0.25) is 0 Å². The quantitative estimate of drug-likeness (QED) is 0.204. The molecule has 1 aliphatic heterocycles. The van der Waals surface area contributed by atoms with Crippen molar-refractivity contribution in [2.75, 3.05) is 11.1 Å². The van der Waals surface area contributed by atoms with Crippen LogP contribution in [0.15, 0.2) is 83.0 Å². The predicted molar refractivity (Wildman–Crippen MR) is 169 cm³/mol. The average molecular weight is 635 g/mol. The van der Waals surface area contributed by atoms with E-state index in [1.807, 2.05) is 49.4 Å². The van der Waals surface area contributed by atoms with E-state index in [4.69, 9.17) is 4.99 Å². The minimum absolute atomic E-state index is 0.155. The van der Waals surface area contributed by atoms with E-state index in [1.54, 1.807) is 24.0 Å². The molecule has 0 saturated carbocycles. The first-order valence-electron chi connectivity index (χ1n) is 13.9. The number of carbonyl (C=O) groups excluding carboxylic acids is 2. The summed E-state index contributed by atoms with van der Waals surface area (Å²) in [6, 6.07) is 18.1. The summed E-state index contributed by atoms with van der Waals surface area (Å²) >= 11 is 1.35. The molecule has 0 spiro atoms. The van der Waals surface area contributed by atoms with Crippen molar-refractivity contribution >= 4 is 46.3 Å². The third-order valence-electron chi connectivity index (χ3n) is 6.80. The number of amides is 2. The molecule has 13 heteroatoms. The number of carbonyl (C=O) groups is 2. The number of hydrogen-bond donors (Lipinski definition) is 1. The van der Waals surface area contributed by atoms with Gasteiger partial charge in [0.15, 0.2) is 5.17 Å². The lowest BCUT2D eigenvalue weighted by molar-refractivity contribution is -0.274. The van der Waals surface area contributed by atoms with E-state index < -0.39 is 18.0 Å². The van der Waals surface area contributed by atoms with E-state index in [2.05, 4.69) is 34.1 Å². The Morgan fingerprint density at radius 3 is 2.51 bits per heavy atom. The van der Waals surface area contributed by atoms with Crippen LogP contribution >= 0.6 is 11.8 Å². The number of alkyl halides is 3. The van der Waals surface area contributed by atoms with E-state index in [9.17, 15) is 22.8 Å². The van der Waals surface area contributed by atoms with Gasteiger partial charge in [-0.1, -0.05) is 49.9 Å². The van der Waals surface area contributed by atoms with Crippen molar-refractivity contribution in [1.82, 2.24) is 14.8 Å². The maximum Gasteiger partial charge on any atom is 0.573 e. The number of rotatable bonds is 8. The summed E-state index contributed by atoms with van der Waals surface area (Å²) in [5.74, 6) is -0.548. The molecule has 0 aliphatic carbocycles. The number of amidine groups is 1. The van der Waals surface area contributed by atoms with Gasteiger partial charge in [0.1, 0.15) is 5.75 Å². The summed E-state index contributed by atoms with van der Waals surface area (Å²) in [7, 11) is 0. The third-order valence-corrected chi connectivity index (χ3v) is 7.72. The topological polar surface area (TPSA) is 101 Å². The fraction of sp³-hybridized carbons (Fsp3) is 0.219. The van der Waals surface area contributed by atoms with Gasteiger partial charge in [0.2, 0.25) is 0 Å². The lowest BCUT2D eigenvalue weighted by Crippen LogP contribution is -2.23. The molecule has 232 valence electrons. The molecular weight excluding hydrogens is 605 g/mol. The second-order valence-corrected chi connectivity index (χ2v) is 11.4. The van der Waals surface area contributed by atoms with Gasteiger partial charge in [-0.05, 0) is 78.9 Å². The molecule has 3 aromatic carbocycles. The zero-order chi connectivity index (χ0) is 32.3. The van der Waals surface area contributed by atoms with Crippen LogP contribution in [-0.2, 0) is 4.79 Å². The Labute approximate surface area is 261 Å². The molecule has 0 unspecified atom stereocenters. The van der Waals surface area contributed by atoms with Gasteiger partial charge in [0.05, 0.1) is 40.9 Å². The normalized spacial score (nSPS) is 14.6. The summed E-state index contributed by atoms with van der Waals surface area (Å²) in [5.41, 5.74) is 5.42. The number of benzene rings is 3. The number of hydrogen-bond acceptors (Lipinski definition) is 7. The van der Waals surface area contributed by atoms with E-state index >= 15 is 0 Å². The number of nitrogens with zero attached hydrogens (tertiary/aromatic N) is 5. The minimum atomic E-state index is -4.82. The molecule has 1 aromatic heterocycles. The van der Waals surface area contributed by atoms with Crippen molar-refractivity contribution in [3.05, 3.63) is 101 Å². The smallest absolute Gasteiger partial charge is 0.406 e. The number of anilines is 1. The Balaban J connectivity index is 1.29. The van der Waals surface area contributed by atoms with Crippen LogP contribution in [0.25, 0.3) is 5.69 Å². The van der Waals surface area contributed by atoms with Gasteiger partial charge >= 0.3 is 6.36 Å². The molecule has 9 nitrogen and oxygen atoms in total. The fourth-order valence-electron chi connectivity index (χ4n) is 4.58. The number of nitrogens with one attached hydrogen (secondary N) is 1. The predicted octanol–water partition coefficient (Wildman–Crippen LogP) is 7.36. The summed E-state index contributed by atoms with van der Waals surface area (Å²) < 4.78 is 42.7. The van der Waals surface area contributed by atoms with Crippen LogP contribution in [0.4, 0.5) is 24.5 Å². The minimum Gasteiger partial charge on any atom is -0.406 e. The van der Waals surface area contributed by atoms with Crippen LogP contribution in [-0.4, -0.2) is 50.1 Å². The monoisotopic (exact) mass is 634 g/mol. The van der Waals surface area contributed by atoms with Crippen molar-refractivity contribution in [2.24, 2.45) is 10.1 Å². The number of hydrazone groups is 1. The van der Waals surface area contributed by atoms with Crippen molar-refractivity contribution in [1.29, 1.82) is 0 Å². The SMILES string of the molecule is Cc1cc(C=NN2C(=O)CS/C2=N\c2ccccc2C(C)C)ccc1-n1cc(NC(=O)c2ccc(OC(F)(F)F)cc2)c(C)n1. The molecule has 0 bridgehead atoms. The van der Waals surface area contributed by atoms with Crippen LogP contribution in [0.5, 0.6) is 5.75 Å². The molecular formula is C32H29F3N6O3S. The van der Waals surface area contributed by atoms with Gasteiger partial charge in [-0.3, -0.25) is 9.59 Å². The van der Waals surface area contributed by atoms with Crippen LogP contribution in [0.3, 0.4) is 0 Å². The highest BCUT2D eigenvalue weighted by Gasteiger charge is 2.31. The van der Waals surface area contributed by atoms with E-state index in [0.29, 0.717) is 16.5 Å². The van der Waals surface area contributed by atoms with Gasteiger partial charge in [0, 0.05) is 5.56 Å². The largest absolute Gasteiger partial charge is 0.573 e. The van der Waals surface area contributed by atoms with Crippen molar-refractivity contribution in [3.63, 3.8) is 0 Å². The van der Waals surface area contributed by atoms with E-state index in [1.165, 1.54) is 28.9 Å². The van der Waals surface area contributed by atoms with Crippen molar-refractivity contribution in [3.8, 4) is 11.4 Å². The number of aliphatic imine (C=N–C) groups is 1. The maximum atomic E-state index is 12.7. The molecule has 1 N–H and O–H groups in total. The lowest BCUT2D eigenvalue weighted by atomic mass is 10.0. The summed E-state index contributed by atoms with van der Waals surface area (Å²) in [4.78, 5) is 30.1. The molecule has 5 rings (SSSR count). The Morgan fingerprint density at radius 1 is 1.09 bits per heavy atom. The lowest BCUT2D eigenvalue weighted by Gasteiger charge is -2.12. The first-order valence-corrected chi connectivity index (χ1v) is 14.9. The van der Waals surface area contributed by atoms with Gasteiger partial charge < -0.3 is 10.1 Å². The molecule has 0 atom stereocenters.